The Balaban J connectivity index is 2.02. The Labute approximate surface area is 247 Å². The van der Waals surface area contributed by atoms with Crippen molar-refractivity contribution in [3.05, 3.63) is 28.8 Å². The number of carboxylic acid groups (broad SMARTS) is 1. The number of unbranched alkanes of at least 4 members (excludes halogenated alkanes) is 1. The van der Waals surface area contributed by atoms with E-state index in [2.05, 4.69) is 30.6 Å². The third-order valence-electron chi connectivity index (χ3n) is 8.21. The molecule has 9 heteroatoms. The van der Waals surface area contributed by atoms with Crippen LogP contribution in [0.15, 0.2) is 17.2 Å². The third kappa shape index (κ3) is 9.03. The summed E-state index contributed by atoms with van der Waals surface area (Å²) in [7, 11) is 0. The smallest absolute Gasteiger partial charge is 0.387 e. The van der Waals surface area contributed by atoms with Crippen LogP contribution in [0.3, 0.4) is 0 Å². The average Bonchev–Trinajstić information content (AvgIpc) is 2.90. The first-order valence-corrected chi connectivity index (χ1v) is 16.2. The number of thioether (sulfide) groups is 1. The van der Waals surface area contributed by atoms with Gasteiger partial charge < -0.3 is 14.9 Å². The summed E-state index contributed by atoms with van der Waals surface area (Å²) < 4.78 is 30.8. The fourth-order valence-electron chi connectivity index (χ4n) is 5.67. The first-order chi connectivity index (χ1) is 19.7. The van der Waals surface area contributed by atoms with E-state index in [1.165, 1.54) is 6.07 Å². The molecule has 1 aromatic heterocycles. The van der Waals surface area contributed by atoms with Gasteiger partial charge in [0.2, 0.25) is 0 Å². The maximum absolute atomic E-state index is 13.0. The number of aliphatic carboxylic acids is 1. The van der Waals surface area contributed by atoms with Gasteiger partial charge in [0.1, 0.15) is 22.2 Å². The zero-order chi connectivity index (χ0) is 29.9. The van der Waals surface area contributed by atoms with E-state index in [-0.39, 0.29) is 22.7 Å². The molecule has 228 valence electrons. The molecular weight excluding hydrogens is 546 g/mol. The number of carbonyl (C=O) groups is 1. The summed E-state index contributed by atoms with van der Waals surface area (Å²) >= 11 is 1.67. The number of hydrogen-bond donors (Lipinski definition) is 2. The normalized spacial score (nSPS) is 15.1. The van der Waals surface area contributed by atoms with Crippen molar-refractivity contribution in [2.45, 2.75) is 128 Å². The van der Waals surface area contributed by atoms with Crippen LogP contribution in [0.2, 0.25) is 0 Å². The van der Waals surface area contributed by atoms with Crippen molar-refractivity contribution in [3.8, 4) is 22.8 Å². The van der Waals surface area contributed by atoms with E-state index in [0.29, 0.717) is 36.4 Å². The van der Waals surface area contributed by atoms with Crippen molar-refractivity contribution in [1.29, 1.82) is 0 Å². The van der Waals surface area contributed by atoms with E-state index in [0.717, 1.165) is 85.9 Å². The van der Waals surface area contributed by atoms with E-state index in [1.807, 2.05) is 6.92 Å². The highest BCUT2D eigenvalue weighted by atomic mass is 32.2. The lowest BCUT2D eigenvalue weighted by molar-refractivity contribution is -0.142. The lowest BCUT2D eigenvalue weighted by Gasteiger charge is -2.27. The molecule has 0 saturated heterocycles. The molecule has 0 spiro atoms. The highest BCUT2D eigenvalue weighted by Gasteiger charge is 2.27. The molecule has 0 aliphatic heterocycles. The summed E-state index contributed by atoms with van der Waals surface area (Å²) in [6.07, 6.45) is 11.2. The molecule has 1 heterocycles. The van der Waals surface area contributed by atoms with E-state index in [9.17, 15) is 23.8 Å². The minimum atomic E-state index is -2.97. The highest BCUT2D eigenvalue weighted by Crippen LogP contribution is 2.43. The molecule has 1 aliphatic rings. The minimum Gasteiger partial charge on any atom is -0.507 e. The third-order valence-corrected chi connectivity index (χ3v) is 9.66. The number of aromatic hydroxyl groups is 1. The Kier molecular flexibility index (Phi) is 13.1. The quantitative estimate of drug-likeness (QED) is 0.167. The van der Waals surface area contributed by atoms with Gasteiger partial charge >= 0.3 is 12.6 Å². The van der Waals surface area contributed by atoms with Gasteiger partial charge in [0.05, 0.1) is 5.92 Å². The van der Waals surface area contributed by atoms with Gasteiger partial charge in [-0.2, -0.15) is 8.78 Å². The lowest BCUT2D eigenvalue weighted by Crippen LogP contribution is -2.16. The second-order valence-corrected chi connectivity index (χ2v) is 12.5. The van der Waals surface area contributed by atoms with Crippen LogP contribution in [0.25, 0.3) is 11.3 Å². The fraction of sp³-hybridized carbons (Fsp3) is 0.656. The maximum atomic E-state index is 13.0. The molecule has 41 heavy (non-hydrogen) atoms. The summed E-state index contributed by atoms with van der Waals surface area (Å²) in [4.78, 5) is 11.7. The summed E-state index contributed by atoms with van der Waals surface area (Å²) in [5.41, 5.74) is 4.10. The van der Waals surface area contributed by atoms with Gasteiger partial charge in [0.25, 0.3) is 0 Å². The molecule has 0 radical (unpaired) electrons. The first-order valence-electron chi connectivity index (χ1n) is 15.3. The average molecular weight is 593 g/mol. The largest absolute Gasteiger partial charge is 0.507 e. The second-order valence-electron chi connectivity index (χ2n) is 11.2. The van der Waals surface area contributed by atoms with Crippen molar-refractivity contribution < 1.29 is 28.5 Å². The van der Waals surface area contributed by atoms with Crippen LogP contribution in [0.5, 0.6) is 11.5 Å². The van der Waals surface area contributed by atoms with Crippen molar-refractivity contribution >= 4 is 17.7 Å². The molecule has 2 unspecified atom stereocenters. The number of benzene rings is 1. The minimum absolute atomic E-state index is 0.0462. The number of carboxylic acids is 1. The molecule has 3 rings (SSSR count). The van der Waals surface area contributed by atoms with E-state index < -0.39 is 12.6 Å². The first kappa shape index (κ1) is 33.1. The molecule has 0 amide bonds. The molecule has 1 aromatic carbocycles. The van der Waals surface area contributed by atoms with Crippen molar-refractivity contribution in [2.24, 2.45) is 11.8 Å². The van der Waals surface area contributed by atoms with Crippen LogP contribution >= 0.6 is 11.8 Å². The molecule has 1 fully saturated rings. The lowest BCUT2D eigenvalue weighted by atomic mass is 9.79. The number of phenols is 1. The van der Waals surface area contributed by atoms with Gasteiger partial charge in [0, 0.05) is 16.9 Å². The van der Waals surface area contributed by atoms with Crippen LogP contribution in [-0.2, 0) is 24.1 Å². The Morgan fingerprint density at radius 3 is 2.39 bits per heavy atom. The fourth-order valence-corrected chi connectivity index (χ4v) is 6.91. The van der Waals surface area contributed by atoms with Crippen LogP contribution < -0.4 is 4.74 Å². The van der Waals surface area contributed by atoms with Gasteiger partial charge in [-0.3, -0.25) is 4.79 Å². The monoisotopic (exact) mass is 592 g/mol. The van der Waals surface area contributed by atoms with Gasteiger partial charge in [-0.25, -0.2) is 0 Å². The van der Waals surface area contributed by atoms with Crippen molar-refractivity contribution in [3.63, 3.8) is 0 Å². The second kappa shape index (κ2) is 16.3. The van der Waals surface area contributed by atoms with Gasteiger partial charge in [-0.15, -0.1) is 22.0 Å². The molecule has 2 aromatic rings. The Bertz CT molecular complexity index is 1140. The Morgan fingerprint density at radius 2 is 1.83 bits per heavy atom. The van der Waals surface area contributed by atoms with Crippen LogP contribution in [0, 0.1) is 11.8 Å². The van der Waals surface area contributed by atoms with Crippen molar-refractivity contribution in [2.75, 3.05) is 0 Å². The molecule has 6 nitrogen and oxygen atoms in total. The summed E-state index contributed by atoms with van der Waals surface area (Å²) in [5.74, 6) is -0.781. The van der Waals surface area contributed by atoms with Gasteiger partial charge in [-0.1, -0.05) is 59.8 Å². The molecule has 0 bridgehead atoms. The molecule has 2 atom stereocenters. The van der Waals surface area contributed by atoms with E-state index >= 15 is 0 Å². The molecule has 1 aliphatic carbocycles. The topological polar surface area (TPSA) is 92.5 Å². The zero-order valence-electron chi connectivity index (χ0n) is 24.9. The van der Waals surface area contributed by atoms with Crippen LogP contribution in [0.4, 0.5) is 8.78 Å². The Hall–Kier alpha value is -2.42. The van der Waals surface area contributed by atoms with Gasteiger partial charge in [-0.05, 0) is 80.0 Å². The molecule has 1 saturated carbocycles. The zero-order valence-corrected chi connectivity index (χ0v) is 25.7. The molecular formula is C32H46F2N2O4S. The highest BCUT2D eigenvalue weighted by molar-refractivity contribution is 7.99. The van der Waals surface area contributed by atoms with E-state index in [1.54, 1.807) is 17.8 Å². The summed E-state index contributed by atoms with van der Waals surface area (Å²) in [5, 5.41) is 31.2. The summed E-state index contributed by atoms with van der Waals surface area (Å²) in [6, 6.07) is 2.88. The number of halogens is 2. The van der Waals surface area contributed by atoms with Gasteiger partial charge in [0.15, 0.2) is 0 Å². The van der Waals surface area contributed by atoms with Crippen LogP contribution in [0.1, 0.15) is 109 Å². The number of hydrogen-bond acceptors (Lipinski definition) is 6. The van der Waals surface area contributed by atoms with Crippen LogP contribution in [-0.4, -0.2) is 38.2 Å². The number of phenolic OH excluding ortho intramolecular Hbond substituents is 1. The number of rotatable bonds is 18. The van der Waals surface area contributed by atoms with E-state index in [4.69, 9.17) is 5.10 Å². The number of ether oxygens (including phenoxy) is 1. The standard InChI is InChI=1S/C32H46F2N2O4S/c1-5-9-14-26-25(8-4)30(41-24(7-3)16-15-21(11-6-2)31(38)39)36-35-29(26)28-22(17-20-12-10-13-20)18-23(19-27(28)37)40-32(33)34/h18-21,24,32,37H,5-17H2,1-4H3,(H,38,39). The molecule has 2 N–H and O–H groups in total. The number of alkyl halides is 2. The van der Waals surface area contributed by atoms with Crippen molar-refractivity contribution in [1.82, 2.24) is 10.2 Å². The number of aromatic nitrogens is 2. The Morgan fingerprint density at radius 1 is 1.07 bits per heavy atom. The SMILES string of the molecule is CCCCc1c(-c2c(O)cc(OC(F)F)cc2CC2CCC2)nnc(SC(CC)CCC(CCC)C(=O)O)c1CC. The predicted octanol–water partition coefficient (Wildman–Crippen LogP) is 8.85. The number of nitrogens with zero attached hydrogens (tertiary/aromatic N) is 2. The maximum Gasteiger partial charge on any atom is 0.387 e. The summed E-state index contributed by atoms with van der Waals surface area (Å²) in [6.45, 7) is 5.39. The predicted molar refractivity (Wildman–Crippen MR) is 160 cm³/mol.